The largest absolute Gasteiger partial charge is 0.439 e. The highest BCUT2D eigenvalue weighted by Gasteiger charge is 2.05. The van der Waals surface area contributed by atoms with Crippen LogP contribution in [-0.2, 0) is 11.2 Å². The van der Waals surface area contributed by atoms with E-state index in [9.17, 15) is 9.18 Å². The van der Waals surface area contributed by atoms with E-state index in [0.717, 1.165) is 5.56 Å². The van der Waals surface area contributed by atoms with Gasteiger partial charge in [0.2, 0.25) is 11.8 Å². The number of anilines is 1. The Labute approximate surface area is 144 Å². The van der Waals surface area contributed by atoms with Gasteiger partial charge in [-0.1, -0.05) is 6.07 Å². The van der Waals surface area contributed by atoms with Crippen LogP contribution in [0.15, 0.2) is 67.1 Å². The lowest BCUT2D eigenvalue weighted by molar-refractivity contribution is -0.116. The van der Waals surface area contributed by atoms with Crippen molar-refractivity contribution in [2.24, 2.45) is 0 Å². The first kappa shape index (κ1) is 16.6. The number of hydrogen-bond acceptors (Lipinski definition) is 4. The number of carbonyl (C=O) groups excluding carboxylic acids is 1. The minimum atomic E-state index is -0.329. The number of aromatic nitrogens is 2. The Morgan fingerprint density at radius 1 is 1.08 bits per heavy atom. The van der Waals surface area contributed by atoms with Crippen LogP contribution in [0.25, 0.3) is 0 Å². The van der Waals surface area contributed by atoms with Crippen molar-refractivity contribution >= 4 is 11.6 Å². The van der Waals surface area contributed by atoms with Crippen molar-refractivity contribution in [1.82, 2.24) is 9.97 Å². The van der Waals surface area contributed by atoms with E-state index >= 15 is 0 Å². The number of rotatable bonds is 6. The summed E-state index contributed by atoms with van der Waals surface area (Å²) in [6.45, 7) is 0. The van der Waals surface area contributed by atoms with Gasteiger partial charge >= 0.3 is 0 Å². The molecule has 3 aromatic rings. The van der Waals surface area contributed by atoms with Gasteiger partial charge in [-0.05, 0) is 48.4 Å². The molecule has 0 atom stereocenters. The van der Waals surface area contributed by atoms with Crippen molar-refractivity contribution in [3.63, 3.8) is 0 Å². The number of carbonyl (C=O) groups is 1. The molecule has 0 saturated heterocycles. The van der Waals surface area contributed by atoms with Crippen molar-refractivity contribution in [3.8, 4) is 11.6 Å². The molecule has 5 nitrogen and oxygen atoms in total. The molecule has 2 heterocycles. The van der Waals surface area contributed by atoms with Gasteiger partial charge in [0.15, 0.2) is 0 Å². The molecule has 0 fully saturated rings. The van der Waals surface area contributed by atoms with E-state index < -0.39 is 0 Å². The van der Waals surface area contributed by atoms with Crippen molar-refractivity contribution in [2.75, 3.05) is 5.32 Å². The number of halogens is 1. The summed E-state index contributed by atoms with van der Waals surface area (Å²) in [4.78, 5) is 20.1. The van der Waals surface area contributed by atoms with Gasteiger partial charge in [0.05, 0.1) is 11.9 Å². The van der Waals surface area contributed by atoms with Crippen molar-refractivity contribution in [3.05, 3.63) is 78.5 Å². The molecular weight excluding hydrogens is 321 g/mol. The smallest absolute Gasteiger partial charge is 0.224 e. The summed E-state index contributed by atoms with van der Waals surface area (Å²) in [6, 6.07) is 12.8. The first-order valence-corrected chi connectivity index (χ1v) is 7.77. The molecule has 3 rings (SSSR count). The number of benzene rings is 1. The molecule has 0 radical (unpaired) electrons. The maximum Gasteiger partial charge on any atom is 0.224 e. The lowest BCUT2D eigenvalue weighted by atomic mass is 10.1. The normalized spacial score (nSPS) is 10.3. The third-order valence-electron chi connectivity index (χ3n) is 3.42. The third kappa shape index (κ3) is 5.10. The molecule has 1 aromatic carbocycles. The van der Waals surface area contributed by atoms with Gasteiger partial charge in [-0.3, -0.25) is 9.78 Å². The maximum atomic E-state index is 12.9. The standard InChI is InChI=1S/C19H16FN3O2/c20-15-4-7-17(8-5-15)25-19-10-6-16(13-22-19)23-18(24)9-3-14-2-1-11-21-12-14/h1-2,4-8,10-13H,3,9H2,(H,23,24). The van der Waals surface area contributed by atoms with Crippen molar-refractivity contribution in [1.29, 1.82) is 0 Å². The predicted molar refractivity (Wildman–Crippen MR) is 91.9 cm³/mol. The fourth-order valence-corrected chi connectivity index (χ4v) is 2.17. The minimum absolute atomic E-state index is 0.0992. The van der Waals surface area contributed by atoms with Crippen LogP contribution in [0.4, 0.5) is 10.1 Å². The van der Waals surface area contributed by atoms with E-state index in [2.05, 4.69) is 15.3 Å². The monoisotopic (exact) mass is 337 g/mol. The molecule has 2 aromatic heterocycles. The Kier molecular flexibility index (Phi) is 5.31. The van der Waals surface area contributed by atoms with Crippen LogP contribution in [0, 0.1) is 5.82 Å². The fraction of sp³-hybridized carbons (Fsp3) is 0.105. The van der Waals surface area contributed by atoms with Crippen LogP contribution in [-0.4, -0.2) is 15.9 Å². The summed E-state index contributed by atoms with van der Waals surface area (Å²) in [5, 5.41) is 2.78. The third-order valence-corrected chi connectivity index (χ3v) is 3.42. The van der Waals surface area contributed by atoms with E-state index in [-0.39, 0.29) is 11.7 Å². The number of nitrogens with zero attached hydrogens (tertiary/aromatic N) is 2. The summed E-state index contributed by atoms with van der Waals surface area (Å²) in [6.07, 6.45) is 5.94. The number of ether oxygens (including phenoxy) is 1. The van der Waals surface area contributed by atoms with Gasteiger partial charge in [0.1, 0.15) is 11.6 Å². The maximum absolute atomic E-state index is 12.9. The number of aryl methyl sites for hydroxylation is 1. The zero-order valence-electron chi connectivity index (χ0n) is 13.4. The Balaban J connectivity index is 1.51. The van der Waals surface area contributed by atoms with Crippen molar-refractivity contribution in [2.45, 2.75) is 12.8 Å². The molecule has 1 N–H and O–H groups in total. The van der Waals surface area contributed by atoms with E-state index in [1.807, 2.05) is 12.1 Å². The summed E-state index contributed by atoms with van der Waals surface area (Å²) < 4.78 is 18.4. The van der Waals surface area contributed by atoms with Crippen molar-refractivity contribution < 1.29 is 13.9 Å². The first-order valence-electron chi connectivity index (χ1n) is 7.77. The van der Waals surface area contributed by atoms with Crippen LogP contribution >= 0.6 is 0 Å². The topological polar surface area (TPSA) is 64.1 Å². The lowest BCUT2D eigenvalue weighted by Crippen LogP contribution is -2.12. The number of amides is 1. The van der Waals surface area contributed by atoms with E-state index in [0.29, 0.717) is 30.2 Å². The molecule has 0 aliphatic heterocycles. The van der Waals surface area contributed by atoms with Crippen LogP contribution < -0.4 is 10.1 Å². The second-order valence-corrected chi connectivity index (χ2v) is 5.35. The SMILES string of the molecule is O=C(CCc1cccnc1)Nc1ccc(Oc2ccc(F)cc2)nc1. The molecule has 0 aliphatic rings. The molecule has 0 unspecified atom stereocenters. The second-order valence-electron chi connectivity index (χ2n) is 5.35. The lowest BCUT2D eigenvalue weighted by Gasteiger charge is -2.07. The summed E-state index contributed by atoms with van der Waals surface area (Å²) >= 11 is 0. The van der Waals surface area contributed by atoms with Gasteiger partial charge in [0, 0.05) is 24.9 Å². The highest BCUT2D eigenvalue weighted by Crippen LogP contribution is 2.20. The van der Waals surface area contributed by atoms with Gasteiger partial charge in [0.25, 0.3) is 0 Å². The van der Waals surface area contributed by atoms with Gasteiger partial charge in [-0.25, -0.2) is 9.37 Å². The molecule has 0 saturated carbocycles. The fourth-order valence-electron chi connectivity index (χ4n) is 2.17. The zero-order chi connectivity index (χ0) is 17.5. The van der Waals surface area contributed by atoms with E-state index in [4.69, 9.17) is 4.74 Å². The highest BCUT2D eigenvalue weighted by atomic mass is 19.1. The van der Waals surface area contributed by atoms with E-state index in [1.165, 1.54) is 30.5 Å². The van der Waals surface area contributed by atoms with Crippen LogP contribution in [0.1, 0.15) is 12.0 Å². The summed E-state index contributed by atoms with van der Waals surface area (Å²) in [5.74, 6) is 0.421. The number of hydrogen-bond donors (Lipinski definition) is 1. The molecule has 25 heavy (non-hydrogen) atoms. The Hall–Kier alpha value is -3.28. The highest BCUT2D eigenvalue weighted by molar-refractivity contribution is 5.90. The quantitative estimate of drug-likeness (QED) is 0.739. The Bertz CT molecular complexity index is 822. The van der Waals surface area contributed by atoms with Gasteiger partial charge in [-0.2, -0.15) is 0 Å². The van der Waals surface area contributed by atoms with Gasteiger partial charge < -0.3 is 10.1 Å². The minimum Gasteiger partial charge on any atom is -0.439 e. The average molecular weight is 337 g/mol. The summed E-state index contributed by atoms with van der Waals surface area (Å²) in [7, 11) is 0. The van der Waals surface area contributed by atoms with Gasteiger partial charge in [-0.15, -0.1) is 0 Å². The molecule has 0 bridgehead atoms. The molecular formula is C19H16FN3O2. The predicted octanol–water partition coefficient (Wildman–Crippen LogP) is 3.98. The summed E-state index contributed by atoms with van der Waals surface area (Å²) in [5.41, 5.74) is 1.60. The molecule has 126 valence electrons. The molecule has 1 amide bonds. The zero-order valence-corrected chi connectivity index (χ0v) is 13.4. The molecule has 0 spiro atoms. The number of pyridine rings is 2. The average Bonchev–Trinajstić information content (AvgIpc) is 2.64. The van der Waals surface area contributed by atoms with E-state index in [1.54, 1.807) is 24.5 Å². The first-order chi connectivity index (χ1) is 12.2. The van der Waals surface area contributed by atoms with Crippen LogP contribution in [0.5, 0.6) is 11.6 Å². The Morgan fingerprint density at radius 2 is 1.92 bits per heavy atom. The Morgan fingerprint density at radius 3 is 2.60 bits per heavy atom. The molecule has 0 aliphatic carbocycles. The van der Waals surface area contributed by atoms with Crippen LogP contribution in [0.2, 0.25) is 0 Å². The molecule has 6 heteroatoms. The van der Waals surface area contributed by atoms with Crippen LogP contribution in [0.3, 0.4) is 0 Å². The second kappa shape index (κ2) is 8.01. The number of nitrogens with one attached hydrogen (secondary N) is 1.